The van der Waals surface area contributed by atoms with E-state index in [4.69, 9.17) is 4.74 Å². The van der Waals surface area contributed by atoms with Crippen molar-refractivity contribution >= 4 is 28.6 Å². The highest BCUT2D eigenvalue weighted by molar-refractivity contribution is 7.14. The monoisotopic (exact) mass is 307 g/mol. The molecule has 1 aliphatic rings. The average Bonchev–Trinajstić information content (AvgIpc) is 3.16. The smallest absolute Gasteiger partial charge is 0.357 e. The molecule has 0 spiro atoms. The van der Waals surface area contributed by atoms with Gasteiger partial charge in [0.2, 0.25) is 0 Å². The van der Waals surface area contributed by atoms with Crippen molar-refractivity contribution in [3.05, 3.63) is 27.9 Å². The Hall–Kier alpha value is -1.20. The van der Waals surface area contributed by atoms with Crippen LogP contribution in [0.4, 0.5) is 0 Å². The van der Waals surface area contributed by atoms with Crippen LogP contribution in [0.2, 0.25) is 0 Å². The number of hydrogen-bond donors (Lipinski definition) is 0. The van der Waals surface area contributed by atoms with Crippen LogP contribution in [0.15, 0.2) is 22.2 Å². The minimum absolute atomic E-state index is 0.284. The molecule has 0 saturated heterocycles. The largest absolute Gasteiger partial charge is 0.461 e. The maximum atomic E-state index is 12.0. The van der Waals surface area contributed by atoms with Gasteiger partial charge in [-0.05, 0) is 30.2 Å². The van der Waals surface area contributed by atoms with Gasteiger partial charge in [0, 0.05) is 16.3 Å². The van der Waals surface area contributed by atoms with E-state index in [-0.39, 0.29) is 5.97 Å². The summed E-state index contributed by atoms with van der Waals surface area (Å²) in [5.41, 5.74) is 1.51. The fraction of sp³-hybridized carbons (Fsp3) is 0.467. The predicted octanol–water partition coefficient (Wildman–Crippen LogP) is 4.61. The van der Waals surface area contributed by atoms with Crippen LogP contribution in [0.3, 0.4) is 0 Å². The molecule has 0 radical (unpaired) electrons. The summed E-state index contributed by atoms with van der Waals surface area (Å²) in [6, 6.07) is 2.01. The van der Waals surface area contributed by atoms with E-state index in [9.17, 15) is 4.79 Å². The van der Waals surface area contributed by atoms with E-state index in [2.05, 4.69) is 4.98 Å². The van der Waals surface area contributed by atoms with Gasteiger partial charge < -0.3 is 4.74 Å². The van der Waals surface area contributed by atoms with Crippen LogP contribution in [0.5, 0.6) is 0 Å². The summed E-state index contributed by atoms with van der Waals surface area (Å²) in [4.78, 5) is 16.4. The Bertz CT molecular complexity index is 556. The van der Waals surface area contributed by atoms with Gasteiger partial charge in [0.1, 0.15) is 5.01 Å². The van der Waals surface area contributed by atoms with Crippen LogP contribution < -0.4 is 0 Å². The number of hydrogen-bond acceptors (Lipinski definition) is 5. The number of thiazole rings is 1. The van der Waals surface area contributed by atoms with E-state index in [1.165, 1.54) is 43.4 Å². The Morgan fingerprint density at radius 1 is 1.30 bits per heavy atom. The third-order valence-electron chi connectivity index (χ3n) is 3.66. The molecule has 0 N–H and O–H groups in total. The SMILES string of the molecule is O=C(OCC1CCCCC1)c1csc(-c2ccsc2)n1. The molecule has 1 saturated carbocycles. The lowest BCUT2D eigenvalue weighted by Gasteiger charge is -2.20. The molecule has 2 aromatic heterocycles. The fourth-order valence-electron chi connectivity index (χ4n) is 2.51. The van der Waals surface area contributed by atoms with Crippen molar-refractivity contribution in [3.63, 3.8) is 0 Å². The van der Waals surface area contributed by atoms with Gasteiger partial charge in [-0.15, -0.1) is 11.3 Å². The third kappa shape index (κ3) is 3.27. The molecule has 2 aromatic rings. The number of thiophene rings is 1. The molecular weight excluding hydrogens is 290 g/mol. The summed E-state index contributed by atoms with van der Waals surface area (Å²) >= 11 is 3.12. The van der Waals surface area contributed by atoms with Crippen molar-refractivity contribution in [1.29, 1.82) is 0 Å². The molecule has 0 amide bonds. The molecule has 3 rings (SSSR count). The van der Waals surface area contributed by atoms with Crippen molar-refractivity contribution in [1.82, 2.24) is 4.98 Å². The van der Waals surface area contributed by atoms with E-state index in [0.29, 0.717) is 18.2 Å². The molecule has 0 unspecified atom stereocenters. The van der Waals surface area contributed by atoms with Gasteiger partial charge in [0.15, 0.2) is 5.69 Å². The van der Waals surface area contributed by atoms with Crippen molar-refractivity contribution in [2.75, 3.05) is 6.61 Å². The minimum Gasteiger partial charge on any atom is -0.461 e. The zero-order chi connectivity index (χ0) is 13.8. The van der Waals surface area contributed by atoms with E-state index < -0.39 is 0 Å². The third-order valence-corrected chi connectivity index (χ3v) is 5.23. The van der Waals surface area contributed by atoms with Crippen LogP contribution in [-0.2, 0) is 4.74 Å². The predicted molar refractivity (Wildman–Crippen MR) is 82.3 cm³/mol. The van der Waals surface area contributed by atoms with Gasteiger partial charge in [0.25, 0.3) is 0 Å². The summed E-state index contributed by atoms with van der Waals surface area (Å²) in [5.74, 6) is 0.260. The molecule has 0 aromatic carbocycles. The first-order chi connectivity index (χ1) is 9.83. The summed E-state index contributed by atoms with van der Waals surface area (Å²) in [6.45, 7) is 0.546. The summed E-state index contributed by atoms with van der Waals surface area (Å²) in [5, 5.41) is 6.72. The van der Waals surface area contributed by atoms with Gasteiger partial charge in [-0.2, -0.15) is 11.3 Å². The molecule has 0 aliphatic heterocycles. The quantitative estimate of drug-likeness (QED) is 0.774. The second-order valence-corrected chi connectivity index (χ2v) is 6.79. The zero-order valence-corrected chi connectivity index (χ0v) is 12.8. The van der Waals surface area contributed by atoms with Gasteiger partial charge in [-0.25, -0.2) is 9.78 Å². The fourth-order valence-corrected chi connectivity index (χ4v) is 4.01. The number of aromatic nitrogens is 1. The molecule has 0 atom stereocenters. The van der Waals surface area contributed by atoms with Gasteiger partial charge >= 0.3 is 5.97 Å². The topological polar surface area (TPSA) is 39.2 Å². The number of rotatable bonds is 4. The summed E-state index contributed by atoms with van der Waals surface area (Å²) in [7, 11) is 0. The van der Waals surface area contributed by atoms with Crippen molar-refractivity contribution in [3.8, 4) is 10.6 Å². The minimum atomic E-state index is -0.284. The molecule has 1 fully saturated rings. The first-order valence-corrected chi connectivity index (χ1v) is 8.80. The second-order valence-electron chi connectivity index (χ2n) is 5.15. The summed E-state index contributed by atoms with van der Waals surface area (Å²) in [6.07, 6.45) is 6.22. The Morgan fingerprint density at radius 2 is 2.15 bits per heavy atom. The first-order valence-electron chi connectivity index (χ1n) is 6.98. The van der Waals surface area contributed by atoms with E-state index in [1.807, 2.05) is 16.8 Å². The highest BCUT2D eigenvalue weighted by Gasteiger charge is 2.18. The van der Waals surface area contributed by atoms with E-state index in [1.54, 1.807) is 16.7 Å². The first kappa shape index (κ1) is 13.8. The molecule has 1 aliphatic carbocycles. The molecule has 106 valence electrons. The van der Waals surface area contributed by atoms with Gasteiger partial charge in [-0.1, -0.05) is 19.3 Å². The number of carbonyl (C=O) groups is 1. The highest BCUT2D eigenvalue weighted by Crippen LogP contribution is 2.27. The lowest BCUT2D eigenvalue weighted by Crippen LogP contribution is -2.17. The molecule has 20 heavy (non-hydrogen) atoms. The Morgan fingerprint density at radius 3 is 2.90 bits per heavy atom. The standard InChI is InChI=1S/C15H17NO2S2/c17-15(18-8-11-4-2-1-3-5-11)13-10-20-14(16-13)12-6-7-19-9-12/h6-7,9-11H,1-5,8H2. The van der Waals surface area contributed by atoms with Crippen LogP contribution in [0.1, 0.15) is 42.6 Å². The van der Waals surface area contributed by atoms with E-state index >= 15 is 0 Å². The van der Waals surface area contributed by atoms with E-state index in [0.717, 1.165) is 10.6 Å². The average molecular weight is 307 g/mol. The lowest BCUT2D eigenvalue weighted by molar-refractivity contribution is 0.0404. The molecular formula is C15H17NO2S2. The van der Waals surface area contributed by atoms with Gasteiger partial charge in [-0.3, -0.25) is 0 Å². The second kappa shape index (κ2) is 6.50. The van der Waals surface area contributed by atoms with Crippen molar-refractivity contribution in [2.45, 2.75) is 32.1 Å². The molecule has 0 bridgehead atoms. The molecule has 3 nitrogen and oxygen atoms in total. The normalized spacial score (nSPS) is 16.2. The van der Waals surface area contributed by atoms with Crippen molar-refractivity contribution in [2.24, 2.45) is 5.92 Å². The Labute approximate surface area is 126 Å². The Balaban J connectivity index is 1.57. The van der Waals surface area contributed by atoms with Gasteiger partial charge in [0.05, 0.1) is 6.61 Å². The maximum absolute atomic E-state index is 12.0. The summed E-state index contributed by atoms with van der Waals surface area (Å²) < 4.78 is 5.41. The lowest BCUT2D eigenvalue weighted by atomic mass is 9.90. The number of carbonyl (C=O) groups excluding carboxylic acids is 1. The molecule has 5 heteroatoms. The number of ether oxygens (including phenoxy) is 1. The number of esters is 1. The van der Waals surface area contributed by atoms with Crippen LogP contribution in [0, 0.1) is 5.92 Å². The van der Waals surface area contributed by atoms with Crippen LogP contribution in [-0.4, -0.2) is 17.6 Å². The highest BCUT2D eigenvalue weighted by atomic mass is 32.1. The Kier molecular flexibility index (Phi) is 4.47. The van der Waals surface area contributed by atoms with Crippen LogP contribution in [0.25, 0.3) is 10.6 Å². The number of nitrogens with zero attached hydrogens (tertiary/aromatic N) is 1. The molecule has 2 heterocycles. The van der Waals surface area contributed by atoms with Crippen LogP contribution >= 0.6 is 22.7 Å². The zero-order valence-electron chi connectivity index (χ0n) is 11.2. The maximum Gasteiger partial charge on any atom is 0.357 e. The van der Waals surface area contributed by atoms with Crippen molar-refractivity contribution < 1.29 is 9.53 Å².